The van der Waals surface area contributed by atoms with Gasteiger partial charge in [-0.15, -0.1) is 0 Å². The molecule has 110 valence electrons. The van der Waals surface area contributed by atoms with Crippen molar-refractivity contribution in [3.63, 3.8) is 0 Å². The molecule has 1 heterocycles. The molecule has 0 aromatic carbocycles. The van der Waals surface area contributed by atoms with Gasteiger partial charge in [0.25, 0.3) is 0 Å². The van der Waals surface area contributed by atoms with Gasteiger partial charge in [0.2, 0.25) is 0 Å². The second-order valence-corrected chi connectivity index (χ2v) is 6.96. The van der Waals surface area contributed by atoms with Crippen LogP contribution < -0.4 is 5.32 Å². The number of nitrogens with zero attached hydrogens (tertiary/aromatic N) is 1. The molecule has 0 aromatic rings. The lowest BCUT2D eigenvalue weighted by molar-refractivity contribution is -0.148. The number of ether oxygens (including phenoxy) is 1. The third-order valence-corrected chi connectivity index (χ3v) is 4.99. The molecular weight excluding hydrogens is 240 g/mol. The summed E-state index contributed by atoms with van der Waals surface area (Å²) < 4.78 is 4.99. The van der Waals surface area contributed by atoms with Gasteiger partial charge in [0.05, 0.1) is 7.11 Å². The molecule has 0 radical (unpaired) electrons. The minimum Gasteiger partial charge on any atom is -0.468 e. The summed E-state index contributed by atoms with van der Waals surface area (Å²) in [5, 5.41) is 3.22. The molecule has 1 aliphatic heterocycles. The number of esters is 1. The van der Waals surface area contributed by atoms with Crippen molar-refractivity contribution < 1.29 is 9.53 Å². The van der Waals surface area contributed by atoms with Crippen molar-refractivity contribution >= 4 is 5.97 Å². The first kappa shape index (κ1) is 14.8. The molecule has 2 atom stereocenters. The van der Waals surface area contributed by atoms with Crippen LogP contribution in [0.5, 0.6) is 0 Å². The molecule has 1 aliphatic carbocycles. The molecule has 0 aromatic heterocycles. The maximum absolute atomic E-state index is 12.0. The zero-order valence-electron chi connectivity index (χ0n) is 12.8. The van der Waals surface area contributed by atoms with Crippen molar-refractivity contribution in [2.24, 2.45) is 5.41 Å². The van der Waals surface area contributed by atoms with Gasteiger partial charge in [-0.2, -0.15) is 0 Å². The van der Waals surface area contributed by atoms with Gasteiger partial charge < -0.3 is 10.1 Å². The van der Waals surface area contributed by atoms with Gasteiger partial charge >= 0.3 is 5.97 Å². The predicted molar refractivity (Wildman–Crippen MR) is 76.0 cm³/mol. The summed E-state index contributed by atoms with van der Waals surface area (Å²) >= 11 is 0. The summed E-state index contributed by atoms with van der Waals surface area (Å²) in [5.41, 5.74) is -0.0462. The van der Waals surface area contributed by atoms with E-state index in [2.05, 4.69) is 24.1 Å². The van der Waals surface area contributed by atoms with Crippen molar-refractivity contribution in [1.29, 1.82) is 0 Å². The number of hydrogen-bond donors (Lipinski definition) is 1. The number of carbonyl (C=O) groups excluding carboxylic acids is 1. The van der Waals surface area contributed by atoms with Crippen LogP contribution in [0, 0.1) is 5.41 Å². The maximum atomic E-state index is 12.0. The first-order valence-electron chi connectivity index (χ1n) is 7.44. The number of piperidine rings is 1. The molecule has 0 amide bonds. The van der Waals surface area contributed by atoms with Crippen LogP contribution >= 0.6 is 0 Å². The number of likely N-dealkylation sites (tertiary alicyclic amines) is 1. The topological polar surface area (TPSA) is 41.6 Å². The number of rotatable bonds is 3. The van der Waals surface area contributed by atoms with Gasteiger partial charge in [-0.25, -0.2) is 0 Å². The summed E-state index contributed by atoms with van der Waals surface area (Å²) in [7, 11) is 3.36. The summed E-state index contributed by atoms with van der Waals surface area (Å²) in [5.74, 6) is -0.103. The summed E-state index contributed by atoms with van der Waals surface area (Å²) in [6, 6.07) is 0.520. The van der Waals surface area contributed by atoms with Crippen LogP contribution in [0.25, 0.3) is 0 Å². The summed E-state index contributed by atoms with van der Waals surface area (Å²) in [6.07, 6.45) is 5.44. The Kier molecular flexibility index (Phi) is 4.21. The highest BCUT2D eigenvalue weighted by Crippen LogP contribution is 2.38. The van der Waals surface area contributed by atoms with Crippen LogP contribution in [0.1, 0.15) is 46.0 Å². The largest absolute Gasteiger partial charge is 0.468 e. The van der Waals surface area contributed by atoms with Crippen LogP contribution in [0.3, 0.4) is 0 Å². The molecule has 2 fully saturated rings. The highest BCUT2D eigenvalue weighted by molar-refractivity contribution is 5.81. The third kappa shape index (κ3) is 2.95. The number of likely N-dealkylation sites (N-methyl/N-ethyl adjacent to an activating group) is 1. The van der Waals surface area contributed by atoms with E-state index in [1.807, 2.05) is 7.05 Å². The SMILES string of the molecule is CNC1(C(=O)OC)CCC(N2CCCC(C)(C)C2)C1. The van der Waals surface area contributed by atoms with Gasteiger partial charge in [-0.1, -0.05) is 13.8 Å². The van der Waals surface area contributed by atoms with Crippen molar-refractivity contribution in [3.8, 4) is 0 Å². The number of nitrogens with one attached hydrogen (secondary N) is 1. The quantitative estimate of drug-likeness (QED) is 0.792. The monoisotopic (exact) mass is 268 g/mol. The Morgan fingerprint density at radius 3 is 2.68 bits per heavy atom. The lowest BCUT2D eigenvalue weighted by atomic mass is 9.83. The molecule has 1 N–H and O–H groups in total. The number of methoxy groups -OCH3 is 1. The zero-order chi connectivity index (χ0) is 14.1. The number of hydrogen-bond acceptors (Lipinski definition) is 4. The molecule has 4 nitrogen and oxygen atoms in total. The second kappa shape index (κ2) is 5.41. The highest BCUT2D eigenvalue weighted by Gasteiger charge is 2.47. The molecule has 0 bridgehead atoms. The van der Waals surface area contributed by atoms with Crippen molar-refractivity contribution in [3.05, 3.63) is 0 Å². The Morgan fingerprint density at radius 1 is 1.37 bits per heavy atom. The van der Waals surface area contributed by atoms with Crippen molar-refractivity contribution in [1.82, 2.24) is 10.2 Å². The molecule has 1 saturated heterocycles. The Bertz CT molecular complexity index is 343. The van der Waals surface area contributed by atoms with E-state index in [1.54, 1.807) is 0 Å². The first-order valence-corrected chi connectivity index (χ1v) is 7.44. The van der Waals surface area contributed by atoms with Gasteiger partial charge in [-0.3, -0.25) is 9.69 Å². The van der Waals surface area contributed by atoms with E-state index in [1.165, 1.54) is 26.5 Å². The average Bonchev–Trinajstić information content (AvgIpc) is 2.82. The lowest BCUT2D eigenvalue weighted by Crippen LogP contribution is -2.51. The molecule has 4 heteroatoms. The maximum Gasteiger partial charge on any atom is 0.326 e. The lowest BCUT2D eigenvalue weighted by Gasteiger charge is -2.41. The van der Waals surface area contributed by atoms with Crippen LogP contribution in [-0.4, -0.2) is 49.7 Å². The Hall–Kier alpha value is -0.610. The van der Waals surface area contributed by atoms with Crippen molar-refractivity contribution in [2.45, 2.75) is 57.5 Å². The Morgan fingerprint density at radius 2 is 2.11 bits per heavy atom. The van der Waals surface area contributed by atoms with E-state index in [9.17, 15) is 4.79 Å². The number of carbonyl (C=O) groups is 1. The molecule has 2 rings (SSSR count). The van der Waals surface area contributed by atoms with Gasteiger partial charge in [0.15, 0.2) is 0 Å². The van der Waals surface area contributed by atoms with Gasteiger partial charge in [0, 0.05) is 12.6 Å². The third-order valence-electron chi connectivity index (χ3n) is 4.99. The van der Waals surface area contributed by atoms with E-state index in [0.717, 1.165) is 25.8 Å². The minimum atomic E-state index is -0.457. The van der Waals surface area contributed by atoms with Crippen LogP contribution in [0.2, 0.25) is 0 Å². The van der Waals surface area contributed by atoms with E-state index in [-0.39, 0.29) is 5.97 Å². The first-order chi connectivity index (χ1) is 8.92. The van der Waals surface area contributed by atoms with Gasteiger partial charge in [-0.05, 0) is 51.1 Å². The van der Waals surface area contributed by atoms with E-state index in [0.29, 0.717) is 11.5 Å². The van der Waals surface area contributed by atoms with Crippen LogP contribution in [0.15, 0.2) is 0 Å². The molecule has 2 unspecified atom stereocenters. The second-order valence-electron chi connectivity index (χ2n) is 6.96. The normalized spacial score (nSPS) is 35.3. The standard InChI is InChI=1S/C15H28N2O2/c1-14(2)7-5-9-17(11-14)12-6-8-15(10-12,16-3)13(18)19-4/h12,16H,5-11H2,1-4H3. The van der Waals surface area contributed by atoms with Gasteiger partial charge in [0.1, 0.15) is 5.54 Å². The predicted octanol–water partition coefficient (Wildman–Crippen LogP) is 1.79. The van der Waals surface area contributed by atoms with E-state index < -0.39 is 5.54 Å². The summed E-state index contributed by atoms with van der Waals surface area (Å²) in [4.78, 5) is 14.6. The molecule has 1 saturated carbocycles. The Balaban J connectivity index is 2.03. The smallest absolute Gasteiger partial charge is 0.326 e. The molecule has 2 aliphatic rings. The highest BCUT2D eigenvalue weighted by atomic mass is 16.5. The fourth-order valence-corrected chi connectivity index (χ4v) is 3.82. The molecule has 0 spiro atoms. The Labute approximate surface area is 116 Å². The zero-order valence-corrected chi connectivity index (χ0v) is 12.8. The van der Waals surface area contributed by atoms with E-state index in [4.69, 9.17) is 4.74 Å². The fraction of sp³-hybridized carbons (Fsp3) is 0.933. The van der Waals surface area contributed by atoms with Crippen molar-refractivity contribution in [2.75, 3.05) is 27.2 Å². The molecule has 19 heavy (non-hydrogen) atoms. The minimum absolute atomic E-state index is 0.103. The van der Waals surface area contributed by atoms with E-state index >= 15 is 0 Å². The molecular formula is C15H28N2O2. The summed E-state index contributed by atoms with van der Waals surface area (Å²) in [6.45, 7) is 7.02. The fourth-order valence-electron chi connectivity index (χ4n) is 3.82. The van der Waals surface area contributed by atoms with Crippen LogP contribution in [-0.2, 0) is 9.53 Å². The van der Waals surface area contributed by atoms with Crippen LogP contribution in [0.4, 0.5) is 0 Å². The average molecular weight is 268 g/mol.